The molecule has 0 fully saturated rings. The molecule has 62 valence electrons. The molecule has 5 nitrogen and oxygen atoms in total. The van der Waals surface area contributed by atoms with E-state index in [1.165, 1.54) is 0 Å². The first kappa shape index (κ1) is 7.02. The number of H-pyrrole nitrogens is 2. The molecule has 12 heavy (non-hydrogen) atoms. The quantitative estimate of drug-likeness (QED) is 0.460. The number of aromatic nitrogens is 4. The van der Waals surface area contributed by atoms with Gasteiger partial charge in [-0.25, -0.2) is 14.3 Å². The summed E-state index contributed by atoms with van der Waals surface area (Å²) in [7, 11) is 3.72. The first-order valence-corrected chi connectivity index (χ1v) is 3.64. The number of hydrogen-bond donors (Lipinski definition) is 2. The van der Waals surface area contributed by atoms with Crippen molar-refractivity contribution in [2.45, 2.75) is 0 Å². The number of aryl methyl sites for hydroxylation is 2. The lowest BCUT2D eigenvalue weighted by Gasteiger charge is -1.86. The molecule has 0 saturated carbocycles. The van der Waals surface area contributed by atoms with Crippen molar-refractivity contribution in [1.29, 1.82) is 0 Å². The monoisotopic (exact) mass is 166 g/mol. The Balaban J connectivity index is 3.03. The second kappa shape index (κ2) is 2.17. The van der Waals surface area contributed by atoms with E-state index in [-0.39, 0.29) is 5.56 Å². The van der Waals surface area contributed by atoms with Crippen molar-refractivity contribution in [2.24, 2.45) is 14.1 Å². The summed E-state index contributed by atoms with van der Waals surface area (Å²) in [5.74, 6) is 0. The van der Waals surface area contributed by atoms with Crippen LogP contribution in [0.1, 0.15) is 0 Å². The van der Waals surface area contributed by atoms with Crippen molar-refractivity contribution in [3.05, 3.63) is 22.9 Å². The maximum atomic E-state index is 11.2. The molecule has 5 heteroatoms. The molecule has 0 saturated heterocycles. The summed E-state index contributed by atoms with van der Waals surface area (Å²) in [6, 6.07) is 0. The number of aromatic amines is 2. The molecular formula is C7H10N4O+2. The second-order valence-corrected chi connectivity index (χ2v) is 2.83. The molecule has 0 aliphatic heterocycles. The zero-order chi connectivity index (χ0) is 8.72. The summed E-state index contributed by atoms with van der Waals surface area (Å²) in [6.45, 7) is 0. The zero-order valence-electron chi connectivity index (χ0n) is 6.96. The zero-order valence-corrected chi connectivity index (χ0v) is 6.96. The summed E-state index contributed by atoms with van der Waals surface area (Å²) in [5.41, 5.74) is 0.751. The minimum absolute atomic E-state index is 0.0695. The third-order valence-corrected chi connectivity index (χ3v) is 1.85. The van der Waals surface area contributed by atoms with Gasteiger partial charge < -0.3 is 0 Å². The molecule has 2 aromatic heterocycles. The van der Waals surface area contributed by atoms with Crippen molar-refractivity contribution >= 4 is 11.0 Å². The van der Waals surface area contributed by atoms with Gasteiger partial charge in [-0.15, -0.1) is 0 Å². The van der Waals surface area contributed by atoms with Gasteiger partial charge in [-0.05, 0) is 0 Å². The van der Waals surface area contributed by atoms with Gasteiger partial charge in [0.1, 0.15) is 0 Å². The van der Waals surface area contributed by atoms with Gasteiger partial charge in [0.05, 0.1) is 7.05 Å². The lowest BCUT2D eigenvalue weighted by atomic mass is 10.4. The van der Waals surface area contributed by atoms with Gasteiger partial charge >= 0.3 is 11.2 Å². The van der Waals surface area contributed by atoms with Crippen LogP contribution in [-0.2, 0) is 14.1 Å². The number of rotatable bonds is 0. The molecular weight excluding hydrogens is 156 g/mol. The van der Waals surface area contributed by atoms with Crippen LogP contribution in [-0.4, -0.2) is 10.1 Å². The molecule has 0 atom stereocenters. The first-order valence-electron chi connectivity index (χ1n) is 3.64. The lowest BCUT2D eigenvalue weighted by molar-refractivity contribution is -0.733. The predicted molar refractivity (Wildman–Crippen MR) is 41.3 cm³/mol. The van der Waals surface area contributed by atoms with Gasteiger partial charge in [0.25, 0.3) is 0 Å². The van der Waals surface area contributed by atoms with Crippen molar-refractivity contribution < 1.29 is 9.25 Å². The van der Waals surface area contributed by atoms with Crippen molar-refractivity contribution in [2.75, 3.05) is 0 Å². The third-order valence-electron chi connectivity index (χ3n) is 1.85. The van der Waals surface area contributed by atoms with E-state index in [0.29, 0.717) is 5.39 Å². The maximum absolute atomic E-state index is 11.2. The van der Waals surface area contributed by atoms with Gasteiger partial charge in [-0.2, -0.15) is 0 Å². The highest BCUT2D eigenvalue weighted by atomic mass is 16.1. The largest absolute Gasteiger partial charge is 0.324 e. The summed E-state index contributed by atoms with van der Waals surface area (Å²) in [4.78, 5) is 13.9. The highest BCUT2D eigenvalue weighted by molar-refractivity contribution is 5.67. The Morgan fingerprint density at radius 1 is 1.42 bits per heavy atom. The van der Waals surface area contributed by atoms with Crippen LogP contribution < -0.4 is 14.8 Å². The van der Waals surface area contributed by atoms with Gasteiger partial charge in [0.15, 0.2) is 13.4 Å². The highest BCUT2D eigenvalue weighted by Crippen LogP contribution is 1.92. The highest BCUT2D eigenvalue weighted by Gasteiger charge is 2.14. The minimum atomic E-state index is -0.0695. The molecule has 0 spiro atoms. The molecule has 0 aliphatic rings. The van der Waals surface area contributed by atoms with Crippen LogP contribution in [0, 0.1) is 0 Å². The van der Waals surface area contributed by atoms with Gasteiger partial charge in [-0.1, -0.05) is 9.78 Å². The van der Waals surface area contributed by atoms with Crippen LogP contribution in [0.2, 0.25) is 0 Å². The average Bonchev–Trinajstić information content (AvgIpc) is 2.41. The summed E-state index contributed by atoms with van der Waals surface area (Å²) >= 11 is 0. The summed E-state index contributed by atoms with van der Waals surface area (Å²) < 4.78 is 3.58. The minimum Gasteiger partial charge on any atom is -0.250 e. The number of nitrogens with one attached hydrogen (secondary N) is 2. The SMILES string of the molecule is C[n+]1cc2c(=O)[nH]c[n+](C)c2[nH]1. The van der Waals surface area contributed by atoms with E-state index >= 15 is 0 Å². The van der Waals surface area contributed by atoms with Gasteiger partial charge in [0, 0.05) is 0 Å². The second-order valence-electron chi connectivity index (χ2n) is 2.83. The Labute approximate surface area is 68.3 Å². The van der Waals surface area contributed by atoms with E-state index in [0.717, 1.165) is 5.65 Å². The number of nitrogens with zero attached hydrogens (tertiary/aromatic N) is 2. The molecule has 0 aromatic carbocycles. The molecule has 2 N–H and O–H groups in total. The van der Waals surface area contributed by atoms with E-state index in [4.69, 9.17) is 0 Å². The van der Waals surface area contributed by atoms with Crippen LogP contribution in [0.3, 0.4) is 0 Å². The van der Waals surface area contributed by atoms with Crippen LogP contribution >= 0.6 is 0 Å². The lowest BCUT2D eigenvalue weighted by Crippen LogP contribution is -2.34. The van der Waals surface area contributed by atoms with E-state index in [1.807, 2.05) is 18.7 Å². The Hall–Kier alpha value is -1.65. The molecule has 0 amide bonds. The standard InChI is InChI=1S/C7H8N4O/c1-10-4-8-7(12)5-3-11(2)9-6(5)10/h3-4H,1-2H3/p+2. The Kier molecular flexibility index (Phi) is 1.27. The van der Waals surface area contributed by atoms with Gasteiger partial charge in [0.2, 0.25) is 11.6 Å². The summed E-state index contributed by atoms with van der Waals surface area (Å²) in [6.07, 6.45) is 3.38. The molecule has 2 heterocycles. The fraction of sp³-hybridized carbons (Fsp3) is 0.286. The Bertz CT molecular complexity index is 482. The molecule has 0 unspecified atom stereocenters. The fourth-order valence-corrected chi connectivity index (χ4v) is 1.25. The Morgan fingerprint density at radius 2 is 2.17 bits per heavy atom. The normalized spacial score (nSPS) is 10.8. The third kappa shape index (κ3) is 0.827. The topological polar surface area (TPSA) is 56.4 Å². The van der Waals surface area contributed by atoms with E-state index in [9.17, 15) is 4.79 Å². The Morgan fingerprint density at radius 3 is 2.83 bits per heavy atom. The van der Waals surface area contributed by atoms with Crippen LogP contribution in [0.25, 0.3) is 11.0 Å². The van der Waals surface area contributed by atoms with Crippen LogP contribution in [0.15, 0.2) is 17.3 Å². The average molecular weight is 166 g/mol. The van der Waals surface area contributed by atoms with Gasteiger partial charge in [-0.3, -0.25) is 0 Å². The molecule has 0 bridgehead atoms. The van der Waals surface area contributed by atoms with Crippen LogP contribution in [0.5, 0.6) is 0 Å². The predicted octanol–water partition coefficient (Wildman–Crippen LogP) is -1.49. The molecule has 0 radical (unpaired) electrons. The molecule has 0 aliphatic carbocycles. The van der Waals surface area contributed by atoms with E-state index in [1.54, 1.807) is 17.2 Å². The first-order chi connectivity index (χ1) is 5.68. The van der Waals surface area contributed by atoms with Crippen molar-refractivity contribution in [3.8, 4) is 0 Å². The number of hydrogen-bond acceptors (Lipinski definition) is 1. The molecule has 2 rings (SSSR count). The van der Waals surface area contributed by atoms with E-state index in [2.05, 4.69) is 10.1 Å². The fourth-order valence-electron chi connectivity index (χ4n) is 1.25. The smallest absolute Gasteiger partial charge is 0.250 e. The summed E-state index contributed by atoms with van der Waals surface area (Å²) in [5, 5.41) is 3.70. The van der Waals surface area contributed by atoms with Crippen LogP contribution in [0.4, 0.5) is 0 Å². The number of fused-ring (bicyclic) bond motifs is 1. The van der Waals surface area contributed by atoms with E-state index < -0.39 is 0 Å². The maximum Gasteiger partial charge on any atom is 0.324 e. The van der Waals surface area contributed by atoms with Crippen molar-refractivity contribution in [1.82, 2.24) is 10.1 Å². The van der Waals surface area contributed by atoms with Crippen molar-refractivity contribution in [3.63, 3.8) is 0 Å². The molecule has 2 aromatic rings.